The Labute approximate surface area is 129 Å². The number of likely N-dealkylation sites (tertiary alicyclic amines) is 1. The van der Waals surface area contributed by atoms with E-state index in [-0.39, 0.29) is 6.10 Å². The highest BCUT2D eigenvalue weighted by Crippen LogP contribution is 2.22. The van der Waals surface area contributed by atoms with Crippen LogP contribution in [-0.4, -0.2) is 54.2 Å². The monoisotopic (exact) mass is 290 g/mol. The summed E-state index contributed by atoms with van der Waals surface area (Å²) in [7, 11) is 2.15. The van der Waals surface area contributed by atoms with Gasteiger partial charge >= 0.3 is 0 Å². The van der Waals surface area contributed by atoms with Crippen molar-refractivity contribution in [2.45, 2.75) is 45.8 Å². The van der Waals surface area contributed by atoms with Crippen molar-refractivity contribution in [1.29, 1.82) is 0 Å². The molecule has 1 heterocycles. The smallest absolute Gasteiger partial charge is 0.0919 e. The molecular weight excluding hydrogens is 260 g/mol. The first-order chi connectivity index (χ1) is 10.0. The minimum atomic E-state index is -0.389. The molecule has 0 spiro atoms. The molecular formula is C18H30N2O. The topological polar surface area (TPSA) is 26.7 Å². The summed E-state index contributed by atoms with van der Waals surface area (Å²) in [5, 5.41) is 10.5. The third-order valence-electron chi connectivity index (χ3n) is 4.87. The highest BCUT2D eigenvalue weighted by molar-refractivity contribution is 5.32. The summed E-state index contributed by atoms with van der Waals surface area (Å²) in [5.41, 5.74) is 3.51. The number of piperidine rings is 1. The standard InChI is InChI=1S/C18H30N2O/c1-5-20-10-8-16(9-11-20)19(4)13-18(21)17-7-6-14(2)12-15(17)3/h6-7,12,16,18,21H,5,8-11,13H2,1-4H3. The Morgan fingerprint density at radius 3 is 2.52 bits per heavy atom. The van der Waals surface area contributed by atoms with Gasteiger partial charge in [-0.2, -0.15) is 0 Å². The summed E-state index contributed by atoms with van der Waals surface area (Å²) >= 11 is 0. The lowest BCUT2D eigenvalue weighted by atomic mass is 9.99. The molecule has 118 valence electrons. The number of aliphatic hydroxyl groups is 1. The van der Waals surface area contributed by atoms with Crippen molar-refractivity contribution in [2.24, 2.45) is 0 Å². The van der Waals surface area contributed by atoms with Crippen LogP contribution in [0.1, 0.15) is 42.6 Å². The summed E-state index contributed by atoms with van der Waals surface area (Å²) in [4.78, 5) is 4.85. The number of aryl methyl sites for hydroxylation is 2. The molecule has 0 saturated carbocycles. The average Bonchev–Trinajstić information content (AvgIpc) is 2.47. The molecule has 0 amide bonds. The number of rotatable bonds is 5. The second-order valence-electron chi connectivity index (χ2n) is 6.48. The van der Waals surface area contributed by atoms with E-state index in [1.54, 1.807) is 0 Å². The van der Waals surface area contributed by atoms with Crippen LogP contribution in [0.4, 0.5) is 0 Å². The Bertz CT molecular complexity index is 453. The van der Waals surface area contributed by atoms with Gasteiger partial charge < -0.3 is 14.9 Å². The van der Waals surface area contributed by atoms with Gasteiger partial charge in [-0.15, -0.1) is 0 Å². The minimum absolute atomic E-state index is 0.389. The SMILES string of the molecule is CCN1CCC(N(C)CC(O)c2ccc(C)cc2C)CC1. The van der Waals surface area contributed by atoms with Crippen LogP contribution in [0.25, 0.3) is 0 Å². The van der Waals surface area contributed by atoms with Gasteiger partial charge in [0, 0.05) is 12.6 Å². The molecule has 3 heteroatoms. The predicted molar refractivity (Wildman–Crippen MR) is 88.6 cm³/mol. The van der Waals surface area contributed by atoms with Crippen LogP contribution >= 0.6 is 0 Å². The molecule has 1 fully saturated rings. The van der Waals surface area contributed by atoms with Gasteiger partial charge in [0.05, 0.1) is 6.10 Å². The maximum Gasteiger partial charge on any atom is 0.0919 e. The highest BCUT2D eigenvalue weighted by atomic mass is 16.3. The van der Waals surface area contributed by atoms with Gasteiger partial charge in [-0.25, -0.2) is 0 Å². The molecule has 3 nitrogen and oxygen atoms in total. The lowest BCUT2D eigenvalue weighted by Crippen LogP contribution is -2.44. The second kappa shape index (κ2) is 7.39. The van der Waals surface area contributed by atoms with Crippen molar-refractivity contribution in [3.8, 4) is 0 Å². The number of aliphatic hydroxyl groups excluding tert-OH is 1. The predicted octanol–water partition coefficient (Wildman–Crippen LogP) is 2.75. The van der Waals surface area contributed by atoms with Crippen molar-refractivity contribution >= 4 is 0 Å². The maximum atomic E-state index is 10.5. The summed E-state index contributed by atoms with van der Waals surface area (Å²) < 4.78 is 0. The Balaban J connectivity index is 1.91. The summed E-state index contributed by atoms with van der Waals surface area (Å²) in [6.45, 7) is 10.7. The van der Waals surface area contributed by atoms with Crippen LogP contribution in [0.15, 0.2) is 18.2 Å². The number of nitrogens with zero attached hydrogens (tertiary/aromatic N) is 2. The van der Waals surface area contributed by atoms with Crippen molar-refractivity contribution in [2.75, 3.05) is 33.2 Å². The zero-order valence-corrected chi connectivity index (χ0v) is 14.0. The first kappa shape index (κ1) is 16.5. The van der Waals surface area contributed by atoms with E-state index >= 15 is 0 Å². The third kappa shape index (κ3) is 4.29. The Hall–Kier alpha value is -0.900. The zero-order valence-electron chi connectivity index (χ0n) is 14.0. The quantitative estimate of drug-likeness (QED) is 0.903. The maximum absolute atomic E-state index is 10.5. The highest BCUT2D eigenvalue weighted by Gasteiger charge is 2.23. The fourth-order valence-electron chi connectivity index (χ4n) is 3.40. The van der Waals surface area contributed by atoms with Gasteiger partial charge in [-0.05, 0) is 64.5 Å². The van der Waals surface area contributed by atoms with Crippen LogP contribution in [0.2, 0.25) is 0 Å². The van der Waals surface area contributed by atoms with Crippen molar-refractivity contribution < 1.29 is 5.11 Å². The van der Waals surface area contributed by atoms with Gasteiger partial charge in [-0.1, -0.05) is 30.7 Å². The molecule has 1 unspecified atom stereocenters. The molecule has 1 aliphatic rings. The lowest BCUT2D eigenvalue weighted by Gasteiger charge is -2.37. The van der Waals surface area contributed by atoms with E-state index in [0.29, 0.717) is 6.04 Å². The van der Waals surface area contributed by atoms with E-state index in [4.69, 9.17) is 0 Å². The van der Waals surface area contributed by atoms with Crippen LogP contribution in [0, 0.1) is 13.8 Å². The first-order valence-electron chi connectivity index (χ1n) is 8.19. The fourth-order valence-corrected chi connectivity index (χ4v) is 3.40. The molecule has 0 radical (unpaired) electrons. The van der Waals surface area contributed by atoms with E-state index in [1.807, 2.05) is 0 Å². The van der Waals surface area contributed by atoms with Crippen molar-refractivity contribution in [1.82, 2.24) is 9.80 Å². The van der Waals surface area contributed by atoms with E-state index in [1.165, 1.54) is 37.1 Å². The van der Waals surface area contributed by atoms with Gasteiger partial charge in [0.15, 0.2) is 0 Å². The van der Waals surface area contributed by atoms with Gasteiger partial charge in [0.25, 0.3) is 0 Å². The zero-order chi connectivity index (χ0) is 15.4. The number of hydrogen-bond donors (Lipinski definition) is 1. The summed E-state index contributed by atoms with van der Waals surface area (Å²) in [6.07, 6.45) is 2.04. The van der Waals surface area contributed by atoms with E-state index < -0.39 is 0 Å². The Morgan fingerprint density at radius 2 is 1.95 bits per heavy atom. The molecule has 0 aromatic heterocycles. The van der Waals surface area contributed by atoms with Crippen LogP contribution in [0.3, 0.4) is 0 Å². The molecule has 1 saturated heterocycles. The Kier molecular flexibility index (Phi) is 5.80. The molecule has 1 aliphatic heterocycles. The van der Waals surface area contributed by atoms with Gasteiger partial charge in [-0.3, -0.25) is 0 Å². The first-order valence-corrected chi connectivity index (χ1v) is 8.19. The summed E-state index contributed by atoms with van der Waals surface area (Å²) in [6, 6.07) is 6.92. The van der Waals surface area contributed by atoms with Crippen LogP contribution < -0.4 is 0 Å². The van der Waals surface area contributed by atoms with E-state index in [2.05, 4.69) is 55.8 Å². The number of likely N-dealkylation sites (N-methyl/N-ethyl adjacent to an activating group) is 1. The average molecular weight is 290 g/mol. The van der Waals surface area contributed by atoms with Crippen molar-refractivity contribution in [3.05, 3.63) is 34.9 Å². The molecule has 0 bridgehead atoms. The van der Waals surface area contributed by atoms with Crippen LogP contribution in [0.5, 0.6) is 0 Å². The van der Waals surface area contributed by atoms with E-state index in [0.717, 1.165) is 18.7 Å². The lowest BCUT2D eigenvalue weighted by molar-refractivity contribution is 0.0745. The normalized spacial score (nSPS) is 19.1. The molecule has 0 aliphatic carbocycles. The number of benzene rings is 1. The summed E-state index contributed by atoms with van der Waals surface area (Å²) in [5.74, 6) is 0. The molecule has 1 atom stereocenters. The molecule has 1 aromatic carbocycles. The minimum Gasteiger partial charge on any atom is -0.387 e. The second-order valence-corrected chi connectivity index (χ2v) is 6.48. The van der Waals surface area contributed by atoms with Gasteiger partial charge in [0.2, 0.25) is 0 Å². The molecule has 1 N–H and O–H groups in total. The number of hydrogen-bond acceptors (Lipinski definition) is 3. The van der Waals surface area contributed by atoms with Crippen molar-refractivity contribution in [3.63, 3.8) is 0 Å². The van der Waals surface area contributed by atoms with Crippen LogP contribution in [-0.2, 0) is 0 Å². The molecule has 21 heavy (non-hydrogen) atoms. The fraction of sp³-hybridized carbons (Fsp3) is 0.667. The van der Waals surface area contributed by atoms with E-state index in [9.17, 15) is 5.11 Å². The largest absolute Gasteiger partial charge is 0.387 e. The third-order valence-corrected chi connectivity index (χ3v) is 4.87. The Morgan fingerprint density at radius 1 is 1.29 bits per heavy atom. The van der Waals surface area contributed by atoms with Gasteiger partial charge in [0.1, 0.15) is 0 Å². The molecule has 1 aromatic rings. The molecule has 2 rings (SSSR count).